The first-order valence-electron chi connectivity index (χ1n) is 5.38. The monoisotopic (exact) mass is 221 g/mol. The van der Waals surface area contributed by atoms with Crippen molar-refractivity contribution in [2.75, 3.05) is 17.3 Å². The SMILES string of the molecule is CC1Cc2ccccc2N1C/C=C/CCl. The minimum atomic E-state index is 0.599. The Balaban J connectivity index is 2.15. The molecule has 0 N–H and O–H groups in total. The molecule has 1 aromatic carbocycles. The Bertz CT molecular complexity index is 359. The molecule has 1 unspecified atom stereocenters. The van der Waals surface area contributed by atoms with Gasteiger partial charge in [0.15, 0.2) is 0 Å². The molecule has 1 aliphatic heterocycles. The number of halogens is 1. The summed E-state index contributed by atoms with van der Waals surface area (Å²) in [6, 6.07) is 9.24. The lowest BCUT2D eigenvalue weighted by Crippen LogP contribution is -2.29. The number of alkyl halides is 1. The van der Waals surface area contributed by atoms with Gasteiger partial charge in [-0.15, -0.1) is 11.6 Å². The predicted octanol–water partition coefficient (Wildman–Crippen LogP) is 3.23. The highest BCUT2D eigenvalue weighted by Crippen LogP contribution is 2.31. The number of fused-ring (bicyclic) bond motifs is 1. The van der Waals surface area contributed by atoms with Crippen LogP contribution in [-0.4, -0.2) is 18.5 Å². The van der Waals surface area contributed by atoms with Crippen molar-refractivity contribution in [3.63, 3.8) is 0 Å². The number of allylic oxidation sites excluding steroid dienone is 1. The standard InChI is InChI=1S/C13H16ClN/c1-11-10-12-6-2-3-7-13(12)15(11)9-5-4-8-14/h2-7,11H,8-10H2,1H3/b5-4+. The number of benzene rings is 1. The lowest BCUT2D eigenvalue weighted by molar-refractivity contribution is 0.706. The van der Waals surface area contributed by atoms with Crippen molar-refractivity contribution in [1.29, 1.82) is 0 Å². The Morgan fingerprint density at radius 3 is 3.00 bits per heavy atom. The van der Waals surface area contributed by atoms with Gasteiger partial charge >= 0.3 is 0 Å². The van der Waals surface area contributed by atoms with Crippen molar-refractivity contribution < 1.29 is 0 Å². The van der Waals surface area contributed by atoms with Crippen LogP contribution in [0.5, 0.6) is 0 Å². The van der Waals surface area contributed by atoms with Gasteiger partial charge in [-0.05, 0) is 25.0 Å². The maximum atomic E-state index is 5.62. The van der Waals surface area contributed by atoms with Gasteiger partial charge in [0.1, 0.15) is 0 Å². The second kappa shape index (κ2) is 4.71. The smallest absolute Gasteiger partial charge is 0.0404 e. The first-order chi connectivity index (χ1) is 7.33. The molecular formula is C13H16ClN. The van der Waals surface area contributed by atoms with Gasteiger partial charge in [-0.3, -0.25) is 0 Å². The molecule has 15 heavy (non-hydrogen) atoms. The van der Waals surface area contributed by atoms with Crippen LogP contribution in [0.25, 0.3) is 0 Å². The van der Waals surface area contributed by atoms with E-state index < -0.39 is 0 Å². The van der Waals surface area contributed by atoms with Gasteiger partial charge in [-0.2, -0.15) is 0 Å². The highest BCUT2D eigenvalue weighted by Gasteiger charge is 2.23. The number of nitrogens with zero attached hydrogens (tertiary/aromatic N) is 1. The van der Waals surface area contributed by atoms with Crippen molar-refractivity contribution in [2.24, 2.45) is 0 Å². The fourth-order valence-corrected chi connectivity index (χ4v) is 2.28. The first kappa shape index (κ1) is 10.6. The lowest BCUT2D eigenvalue weighted by Gasteiger charge is -2.23. The molecule has 1 heterocycles. The molecule has 2 heteroatoms. The molecule has 1 nitrogen and oxygen atoms in total. The molecule has 0 saturated carbocycles. The third-order valence-electron chi connectivity index (χ3n) is 2.91. The summed E-state index contributed by atoms with van der Waals surface area (Å²) in [5.74, 6) is 0.601. The van der Waals surface area contributed by atoms with Crippen molar-refractivity contribution in [1.82, 2.24) is 0 Å². The van der Waals surface area contributed by atoms with Crippen LogP contribution in [-0.2, 0) is 6.42 Å². The fraction of sp³-hybridized carbons (Fsp3) is 0.385. The van der Waals surface area contributed by atoms with Crippen LogP contribution in [0.2, 0.25) is 0 Å². The molecule has 1 aromatic rings. The van der Waals surface area contributed by atoms with E-state index in [9.17, 15) is 0 Å². The van der Waals surface area contributed by atoms with Gasteiger partial charge in [-0.1, -0.05) is 30.4 Å². The summed E-state index contributed by atoms with van der Waals surface area (Å²) < 4.78 is 0. The summed E-state index contributed by atoms with van der Waals surface area (Å²) >= 11 is 5.62. The number of anilines is 1. The third-order valence-corrected chi connectivity index (χ3v) is 3.08. The quantitative estimate of drug-likeness (QED) is 0.560. The van der Waals surface area contributed by atoms with E-state index in [4.69, 9.17) is 11.6 Å². The summed E-state index contributed by atoms with van der Waals surface area (Å²) in [5, 5.41) is 0. The van der Waals surface area contributed by atoms with Gasteiger partial charge in [-0.25, -0.2) is 0 Å². The molecule has 0 aliphatic carbocycles. The van der Waals surface area contributed by atoms with Gasteiger partial charge in [0.2, 0.25) is 0 Å². The van der Waals surface area contributed by atoms with Crippen LogP contribution in [0, 0.1) is 0 Å². The largest absolute Gasteiger partial charge is 0.365 e. The van der Waals surface area contributed by atoms with E-state index in [1.807, 2.05) is 6.08 Å². The molecule has 0 fully saturated rings. The Hall–Kier alpha value is -0.950. The lowest BCUT2D eigenvalue weighted by atomic mass is 10.1. The summed E-state index contributed by atoms with van der Waals surface area (Å²) in [7, 11) is 0. The van der Waals surface area contributed by atoms with E-state index in [0.717, 1.165) is 13.0 Å². The maximum Gasteiger partial charge on any atom is 0.0404 e. The Labute approximate surface area is 96.4 Å². The van der Waals surface area contributed by atoms with E-state index in [-0.39, 0.29) is 0 Å². The van der Waals surface area contributed by atoms with Gasteiger partial charge in [0.05, 0.1) is 0 Å². The summed E-state index contributed by atoms with van der Waals surface area (Å²) in [6.07, 6.45) is 5.31. The fourth-order valence-electron chi connectivity index (χ4n) is 2.16. The van der Waals surface area contributed by atoms with E-state index in [2.05, 4.69) is 42.2 Å². The number of para-hydroxylation sites is 1. The summed E-state index contributed by atoms with van der Waals surface area (Å²) in [4.78, 5) is 2.43. The highest BCUT2D eigenvalue weighted by molar-refractivity contribution is 6.18. The average Bonchev–Trinajstić information content (AvgIpc) is 2.56. The molecule has 1 atom stereocenters. The molecular weight excluding hydrogens is 206 g/mol. The van der Waals surface area contributed by atoms with Crippen LogP contribution in [0.4, 0.5) is 5.69 Å². The Kier molecular flexibility index (Phi) is 3.32. The maximum absolute atomic E-state index is 5.62. The molecule has 0 bridgehead atoms. The van der Waals surface area contributed by atoms with Gasteiger partial charge < -0.3 is 4.90 Å². The molecule has 80 valence electrons. The third kappa shape index (κ3) is 2.18. The molecule has 0 spiro atoms. The molecule has 0 saturated heterocycles. The first-order valence-corrected chi connectivity index (χ1v) is 5.92. The Morgan fingerprint density at radius 2 is 2.20 bits per heavy atom. The zero-order chi connectivity index (χ0) is 10.7. The minimum Gasteiger partial charge on any atom is -0.365 e. The van der Waals surface area contributed by atoms with Crippen molar-refractivity contribution in [3.8, 4) is 0 Å². The minimum absolute atomic E-state index is 0.599. The van der Waals surface area contributed by atoms with E-state index >= 15 is 0 Å². The zero-order valence-corrected chi connectivity index (χ0v) is 9.74. The molecule has 0 aromatic heterocycles. The number of hydrogen-bond donors (Lipinski definition) is 0. The molecule has 1 aliphatic rings. The molecule has 2 rings (SSSR count). The van der Waals surface area contributed by atoms with Crippen LogP contribution in [0.1, 0.15) is 12.5 Å². The topological polar surface area (TPSA) is 3.24 Å². The average molecular weight is 222 g/mol. The van der Waals surface area contributed by atoms with E-state index in [0.29, 0.717) is 11.9 Å². The van der Waals surface area contributed by atoms with Gasteiger partial charge in [0.25, 0.3) is 0 Å². The predicted molar refractivity (Wildman–Crippen MR) is 66.8 cm³/mol. The molecule has 0 radical (unpaired) electrons. The Morgan fingerprint density at radius 1 is 1.40 bits per heavy atom. The van der Waals surface area contributed by atoms with Crippen LogP contribution in [0.15, 0.2) is 36.4 Å². The summed E-state index contributed by atoms with van der Waals surface area (Å²) in [6.45, 7) is 3.24. The van der Waals surface area contributed by atoms with Crippen molar-refractivity contribution in [2.45, 2.75) is 19.4 Å². The van der Waals surface area contributed by atoms with Crippen LogP contribution < -0.4 is 4.90 Å². The van der Waals surface area contributed by atoms with Crippen molar-refractivity contribution in [3.05, 3.63) is 42.0 Å². The van der Waals surface area contributed by atoms with E-state index in [1.165, 1.54) is 11.3 Å². The second-order valence-corrected chi connectivity index (χ2v) is 4.27. The normalized spacial score (nSPS) is 19.9. The summed E-state index contributed by atoms with van der Waals surface area (Å²) in [5.41, 5.74) is 2.84. The zero-order valence-electron chi connectivity index (χ0n) is 8.99. The van der Waals surface area contributed by atoms with Crippen molar-refractivity contribution >= 4 is 17.3 Å². The van der Waals surface area contributed by atoms with E-state index in [1.54, 1.807) is 0 Å². The van der Waals surface area contributed by atoms with Crippen LogP contribution >= 0.6 is 11.6 Å². The van der Waals surface area contributed by atoms with Crippen LogP contribution in [0.3, 0.4) is 0 Å². The highest BCUT2D eigenvalue weighted by atomic mass is 35.5. The number of hydrogen-bond acceptors (Lipinski definition) is 1. The number of rotatable bonds is 3. The van der Waals surface area contributed by atoms with Gasteiger partial charge in [0, 0.05) is 24.2 Å². The molecule has 0 amide bonds. The second-order valence-electron chi connectivity index (χ2n) is 3.96.